The highest BCUT2D eigenvalue weighted by atomic mass is 35.5. The van der Waals surface area contributed by atoms with Crippen LogP contribution in [0.2, 0.25) is 0 Å². The smallest absolute Gasteiger partial charge is 0.0474 e. The molecule has 2 heteroatoms. The van der Waals surface area contributed by atoms with Crippen molar-refractivity contribution in [3.8, 4) is 0 Å². The van der Waals surface area contributed by atoms with E-state index in [9.17, 15) is 0 Å². The summed E-state index contributed by atoms with van der Waals surface area (Å²) in [5.74, 6) is 0.485. The fraction of sp³-hybridized carbons (Fsp3) is 0.200. The molecule has 0 fully saturated rings. The number of hydrogen-bond acceptors (Lipinski definition) is 1. The first-order valence-corrected chi connectivity index (χ1v) is 4.33. The topological polar surface area (TPSA) is 12.0 Å². The fourth-order valence-corrected chi connectivity index (χ4v) is 1.10. The summed E-state index contributed by atoms with van der Waals surface area (Å²) in [5, 5.41) is 3.05. The lowest BCUT2D eigenvalue weighted by molar-refractivity contribution is 1.49. The molecule has 0 atom stereocenters. The van der Waals surface area contributed by atoms with Gasteiger partial charge in [-0.25, -0.2) is 0 Å². The molecule has 0 aliphatic carbocycles. The first-order valence-electron chi connectivity index (χ1n) is 3.80. The number of anilines is 1. The highest BCUT2D eigenvalue weighted by Crippen LogP contribution is 2.16. The SMILES string of the molecule is C=C(CCl)c1ccc(NC)cc1. The minimum Gasteiger partial charge on any atom is -0.388 e. The molecule has 0 unspecified atom stereocenters. The lowest BCUT2D eigenvalue weighted by atomic mass is 10.1. The Balaban J connectivity index is 2.84. The second kappa shape index (κ2) is 4.17. The Kier molecular flexibility index (Phi) is 3.18. The van der Waals surface area contributed by atoms with E-state index in [2.05, 4.69) is 11.9 Å². The van der Waals surface area contributed by atoms with Crippen LogP contribution < -0.4 is 5.32 Å². The largest absolute Gasteiger partial charge is 0.388 e. The summed E-state index contributed by atoms with van der Waals surface area (Å²) in [6.07, 6.45) is 0. The summed E-state index contributed by atoms with van der Waals surface area (Å²) in [7, 11) is 1.89. The fourth-order valence-electron chi connectivity index (χ4n) is 0.950. The highest BCUT2D eigenvalue weighted by molar-refractivity contribution is 6.23. The van der Waals surface area contributed by atoms with Crippen LogP contribution in [0.15, 0.2) is 30.8 Å². The van der Waals surface area contributed by atoms with E-state index in [0.29, 0.717) is 5.88 Å². The number of halogens is 1. The quantitative estimate of drug-likeness (QED) is 0.707. The maximum Gasteiger partial charge on any atom is 0.0474 e. The standard InChI is InChI=1S/C10H12ClN/c1-8(7-11)9-3-5-10(12-2)6-4-9/h3-6,12H,1,7H2,2H3. The van der Waals surface area contributed by atoms with E-state index in [1.807, 2.05) is 31.3 Å². The first kappa shape index (κ1) is 9.14. The molecule has 0 saturated carbocycles. The van der Waals surface area contributed by atoms with Crippen LogP contribution in [0, 0.1) is 0 Å². The zero-order valence-electron chi connectivity index (χ0n) is 7.10. The molecule has 12 heavy (non-hydrogen) atoms. The normalized spacial score (nSPS) is 9.50. The average Bonchev–Trinajstić information content (AvgIpc) is 2.17. The van der Waals surface area contributed by atoms with Crippen molar-refractivity contribution >= 4 is 22.9 Å². The molecule has 0 radical (unpaired) electrons. The van der Waals surface area contributed by atoms with Crippen LogP contribution in [0.4, 0.5) is 5.69 Å². The second-order valence-electron chi connectivity index (χ2n) is 2.56. The van der Waals surface area contributed by atoms with Gasteiger partial charge in [-0.2, -0.15) is 0 Å². The molecule has 0 amide bonds. The highest BCUT2D eigenvalue weighted by Gasteiger charge is 1.95. The lowest BCUT2D eigenvalue weighted by Gasteiger charge is -2.03. The van der Waals surface area contributed by atoms with Gasteiger partial charge in [0.1, 0.15) is 0 Å². The molecule has 0 aromatic heterocycles. The minimum absolute atomic E-state index is 0.485. The molecule has 0 saturated heterocycles. The van der Waals surface area contributed by atoms with Crippen LogP contribution in [-0.4, -0.2) is 12.9 Å². The molecule has 1 rings (SSSR count). The van der Waals surface area contributed by atoms with Crippen LogP contribution in [0.5, 0.6) is 0 Å². The molecule has 0 aliphatic rings. The van der Waals surface area contributed by atoms with Gasteiger partial charge in [0.2, 0.25) is 0 Å². The van der Waals surface area contributed by atoms with Crippen molar-refractivity contribution in [1.29, 1.82) is 0 Å². The van der Waals surface area contributed by atoms with Crippen molar-refractivity contribution in [1.82, 2.24) is 0 Å². The van der Waals surface area contributed by atoms with Gasteiger partial charge in [-0.15, -0.1) is 11.6 Å². The number of allylic oxidation sites excluding steroid dienone is 1. The van der Waals surface area contributed by atoms with Crippen molar-refractivity contribution in [3.63, 3.8) is 0 Å². The Bertz CT molecular complexity index is 264. The van der Waals surface area contributed by atoms with Crippen LogP contribution in [0.3, 0.4) is 0 Å². The average molecular weight is 182 g/mol. The van der Waals surface area contributed by atoms with Crippen molar-refractivity contribution in [2.75, 3.05) is 18.2 Å². The summed E-state index contributed by atoms with van der Waals surface area (Å²) in [6.45, 7) is 3.85. The number of nitrogens with one attached hydrogen (secondary N) is 1. The maximum atomic E-state index is 5.65. The van der Waals surface area contributed by atoms with E-state index in [1.54, 1.807) is 0 Å². The molecule has 0 bridgehead atoms. The zero-order valence-corrected chi connectivity index (χ0v) is 7.86. The van der Waals surface area contributed by atoms with Gasteiger partial charge in [0, 0.05) is 18.6 Å². The summed E-state index contributed by atoms with van der Waals surface area (Å²) < 4.78 is 0. The van der Waals surface area contributed by atoms with Gasteiger partial charge in [0.15, 0.2) is 0 Å². The van der Waals surface area contributed by atoms with Crippen LogP contribution in [-0.2, 0) is 0 Å². The number of rotatable bonds is 3. The molecule has 1 aromatic rings. The molecule has 64 valence electrons. The van der Waals surface area contributed by atoms with Crippen molar-refractivity contribution in [3.05, 3.63) is 36.4 Å². The van der Waals surface area contributed by atoms with Gasteiger partial charge >= 0.3 is 0 Å². The lowest BCUT2D eigenvalue weighted by Crippen LogP contribution is -1.88. The van der Waals surface area contributed by atoms with E-state index in [1.165, 1.54) is 0 Å². The van der Waals surface area contributed by atoms with Gasteiger partial charge in [0.25, 0.3) is 0 Å². The molecule has 1 nitrogen and oxygen atoms in total. The molecule has 1 aromatic carbocycles. The van der Waals surface area contributed by atoms with Gasteiger partial charge in [-0.1, -0.05) is 18.7 Å². The van der Waals surface area contributed by atoms with Gasteiger partial charge in [-0.05, 0) is 23.3 Å². The summed E-state index contributed by atoms with van der Waals surface area (Å²) in [5.41, 5.74) is 3.16. The third-order valence-electron chi connectivity index (χ3n) is 1.74. The summed E-state index contributed by atoms with van der Waals surface area (Å²) in [6, 6.07) is 8.03. The van der Waals surface area contributed by atoms with Crippen molar-refractivity contribution in [2.24, 2.45) is 0 Å². The van der Waals surface area contributed by atoms with Crippen LogP contribution in [0.25, 0.3) is 5.57 Å². The monoisotopic (exact) mass is 181 g/mol. The van der Waals surface area contributed by atoms with Gasteiger partial charge in [0.05, 0.1) is 0 Å². The molecular formula is C10H12ClN. The van der Waals surface area contributed by atoms with Crippen molar-refractivity contribution < 1.29 is 0 Å². The Morgan fingerprint density at radius 1 is 1.42 bits per heavy atom. The number of alkyl halides is 1. The third kappa shape index (κ3) is 2.02. The van der Waals surface area contributed by atoms with Crippen LogP contribution >= 0.6 is 11.6 Å². The predicted molar refractivity (Wildman–Crippen MR) is 55.7 cm³/mol. The molecule has 0 heterocycles. The van der Waals surface area contributed by atoms with E-state index in [0.717, 1.165) is 16.8 Å². The van der Waals surface area contributed by atoms with E-state index in [4.69, 9.17) is 11.6 Å². The summed E-state index contributed by atoms with van der Waals surface area (Å²) in [4.78, 5) is 0. The molecule has 1 N–H and O–H groups in total. The number of hydrogen-bond donors (Lipinski definition) is 1. The van der Waals surface area contributed by atoms with E-state index >= 15 is 0 Å². The van der Waals surface area contributed by atoms with E-state index < -0.39 is 0 Å². The molecule has 0 aliphatic heterocycles. The Morgan fingerprint density at radius 3 is 2.42 bits per heavy atom. The second-order valence-corrected chi connectivity index (χ2v) is 2.83. The molecule has 0 spiro atoms. The van der Waals surface area contributed by atoms with Gasteiger partial charge in [-0.3, -0.25) is 0 Å². The number of benzene rings is 1. The predicted octanol–water partition coefficient (Wildman–Crippen LogP) is 2.98. The van der Waals surface area contributed by atoms with E-state index in [-0.39, 0.29) is 0 Å². The van der Waals surface area contributed by atoms with Crippen molar-refractivity contribution in [2.45, 2.75) is 0 Å². The minimum atomic E-state index is 0.485. The van der Waals surface area contributed by atoms with Gasteiger partial charge < -0.3 is 5.32 Å². The maximum absolute atomic E-state index is 5.65. The Hall–Kier alpha value is -0.950. The van der Waals surface area contributed by atoms with Crippen LogP contribution in [0.1, 0.15) is 5.56 Å². The Morgan fingerprint density at radius 2 is 2.00 bits per heavy atom. The third-order valence-corrected chi connectivity index (χ3v) is 2.07. The zero-order chi connectivity index (χ0) is 8.97. The Labute approximate surface area is 78.1 Å². The summed E-state index contributed by atoms with van der Waals surface area (Å²) >= 11 is 5.65. The molecular weight excluding hydrogens is 170 g/mol. The first-order chi connectivity index (χ1) is 5.77.